The summed E-state index contributed by atoms with van der Waals surface area (Å²) in [6.45, 7) is 2.31. The van der Waals surface area contributed by atoms with Crippen LogP contribution in [0, 0.1) is 0 Å². The molecule has 1 heterocycles. The topological polar surface area (TPSA) is 68.3 Å². The summed E-state index contributed by atoms with van der Waals surface area (Å²) in [4.78, 5) is 11.1. The van der Waals surface area contributed by atoms with Gasteiger partial charge in [-0.25, -0.2) is 0 Å². The number of nitrogens with one attached hydrogen (secondary N) is 1. The Labute approximate surface area is 77.1 Å². The highest BCUT2D eigenvalue weighted by Gasteiger charge is 2.04. The summed E-state index contributed by atoms with van der Waals surface area (Å²) in [5.41, 5.74) is 6.42. The lowest BCUT2D eigenvalue weighted by Gasteiger charge is -2.05. The van der Waals surface area contributed by atoms with Crippen molar-refractivity contribution < 1.29 is 9.21 Å². The zero-order valence-electron chi connectivity index (χ0n) is 7.62. The van der Waals surface area contributed by atoms with Crippen molar-refractivity contribution in [1.82, 2.24) is 5.32 Å². The lowest BCUT2D eigenvalue weighted by molar-refractivity contribution is -0.121. The van der Waals surface area contributed by atoms with Gasteiger partial charge in [0.2, 0.25) is 5.91 Å². The summed E-state index contributed by atoms with van der Waals surface area (Å²) in [6, 6.07) is 1.72. The number of rotatable bonds is 4. The molecular formula is C9H14N2O2. The minimum absolute atomic E-state index is 0.0313. The van der Waals surface area contributed by atoms with Crippen LogP contribution in [0.1, 0.15) is 18.9 Å². The van der Waals surface area contributed by atoms with E-state index in [9.17, 15) is 4.79 Å². The monoisotopic (exact) mass is 182 g/mol. The number of furan rings is 1. The number of carbonyl (C=O) groups excluding carboxylic acids is 1. The Balaban J connectivity index is 2.23. The number of amides is 1. The quantitative estimate of drug-likeness (QED) is 0.717. The molecule has 0 radical (unpaired) electrons. The Morgan fingerprint density at radius 1 is 1.77 bits per heavy atom. The molecule has 3 N–H and O–H groups in total. The molecule has 0 saturated heterocycles. The summed E-state index contributed by atoms with van der Waals surface area (Å²) >= 11 is 0. The first-order chi connectivity index (χ1) is 6.18. The van der Waals surface area contributed by atoms with Crippen LogP contribution in [0.15, 0.2) is 23.0 Å². The molecule has 4 nitrogen and oxygen atoms in total. The summed E-state index contributed by atoms with van der Waals surface area (Å²) in [5.74, 6) is -0.0313. The van der Waals surface area contributed by atoms with E-state index < -0.39 is 0 Å². The highest BCUT2D eigenvalue weighted by Crippen LogP contribution is 1.98. The van der Waals surface area contributed by atoms with E-state index in [4.69, 9.17) is 10.2 Å². The second-order valence-electron chi connectivity index (χ2n) is 3.09. The van der Waals surface area contributed by atoms with Crippen LogP contribution in [-0.4, -0.2) is 11.9 Å². The van der Waals surface area contributed by atoms with E-state index in [2.05, 4.69) is 5.32 Å². The zero-order chi connectivity index (χ0) is 9.68. The van der Waals surface area contributed by atoms with Gasteiger partial charge in [-0.05, 0) is 13.0 Å². The number of hydrogen-bond donors (Lipinski definition) is 2. The average Bonchev–Trinajstić information content (AvgIpc) is 2.51. The Morgan fingerprint density at radius 3 is 3.08 bits per heavy atom. The lowest BCUT2D eigenvalue weighted by atomic mass is 10.2. The first-order valence-electron chi connectivity index (χ1n) is 4.22. The van der Waals surface area contributed by atoms with Crippen LogP contribution in [-0.2, 0) is 11.3 Å². The molecule has 0 saturated carbocycles. The largest absolute Gasteiger partial charge is 0.472 e. The number of hydrogen-bond acceptors (Lipinski definition) is 3. The van der Waals surface area contributed by atoms with Crippen molar-refractivity contribution >= 4 is 5.91 Å². The van der Waals surface area contributed by atoms with Gasteiger partial charge in [0.05, 0.1) is 12.5 Å². The van der Waals surface area contributed by atoms with Crippen LogP contribution in [0.2, 0.25) is 0 Å². The minimum Gasteiger partial charge on any atom is -0.472 e. The van der Waals surface area contributed by atoms with Crippen molar-refractivity contribution in [2.45, 2.75) is 25.9 Å². The van der Waals surface area contributed by atoms with Crippen molar-refractivity contribution in [3.05, 3.63) is 24.2 Å². The van der Waals surface area contributed by atoms with Crippen molar-refractivity contribution in [3.8, 4) is 0 Å². The molecule has 1 atom stereocenters. The Bertz CT molecular complexity index is 255. The van der Waals surface area contributed by atoms with Gasteiger partial charge in [0.15, 0.2) is 0 Å². The predicted molar refractivity (Wildman–Crippen MR) is 48.8 cm³/mol. The fraction of sp³-hybridized carbons (Fsp3) is 0.444. The van der Waals surface area contributed by atoms with Gasteiger partial charge in [-0.15, -0.1) is 0 Å². The molecule has 0 bridgehead atoms. The molecule has 0 aliphatic rings. The molecule has 0 aromatic carbocycles. The Hall–Kier alpha value is -1.29. The Kier molecular flexibility index (Phi) is 3.52. The fourth-order valence-corrected chi connectivity index (χ4v) is 0.958. The highest BCUT2D eigenvalue weighted by molar-refractivity contribution is 5.76. The highest BCUT2D eigenvalue weighted by atomic mass is 16.3. The molecule has 0 aliphatic heterocycles. The van der Waals surface area contributed by atoms with Gasteiger partial charge >= 0.3 is 0 Å². The molecule has 13 heavy (non-hydrogen) atoms. The first kappa shape index (κ1) is 9.80. The molecule has 1 rings (SSSR count). The summed E-state index contributed by atoms with van der Waals surface area (Å²) in [7, 11) is 0. The third kappa shape index (κ3) is 3.75. The van der Waals surface area contributed by atoms with E-state index >= 15 is 0 Å². The molecule has 0 fully saturated rings. The summed E-state index contributed by atoms with van der Waals surface area (Å²) in [6.07, 6.45) is 3.54. The molecule has 1 amide bonds. The van der Waals surface area contributed by atoms with Crippen molar-refractivity contribution in [3.63, 3.8) is 0 Å². The maximum Gasteiger partial charge on any atom is 0.221 e. The second kappa shape index (κ2) is 4.67. The van der Waals surface area contributed by atoms with Crippen molar-refractivity contribution in [1.29, 1.82) is 0 Å². The molecule has 72 valence electrons. The van der Waals surface area contributed by atoms with Crippen molar-refractivity contribution in [2.75, 3.05) is 0 Å². The van der Waals surface area contributed by atoms with E-state index in [1.165, 1.54) is 0 Å². The lowest BCUT2D eigenvalue weighted by Crippen LogP contribution is -2.29. The minimum atomic E-state index is -0.0932. The smallest absolute Gasteiger partial charge is 0.221 e. The van der Waals surface area contributed by atoms with Crippen LogP contribution in [0.5, 0.6) is 0 Å². The van der Waals surface area contributed by atoms with Gasteiger partial charge in [0.25, 0.3) is 0 Å². The summed E-state index contributed by atoms with van der Waals surface area (Å²) in [5, 5.41) is 2.74. The number of nitrogens with two attached hydrogens (primary N) is 1. The molecule has 1 aromatic rings. The molecule has 4 heteroatoms. The van der Waals surface area contributed by atoms with Crippen molar-refractivity contribution in [2.24, 2.45) is 5.73 Å². The molecule has 0 spiro atoms. The zero-order valence-corrected chi connectivity index (χ0v) is 7.62. The maximum atomic E-state index is 11.1. The fourth-order valence-electron chi connectivity index (χ4n) is 0.958. The third-order valence-electron chi connectivity index (χ3n) is 1.58. The van der Waals surface area contributed by atoms with Crippen LogP contribution in [0.3, 0.4) is 0 Å². The normalized spacial score (nSPS) is 12.5. The SMILES string of the molecule is CC(N)CC(=O)NCc1ccoc1. The summed E-state index contributed by atoms with van der Waals surface area (Å²) < 4.78 is 4.85. The first-order valence-corrected chi connectivity index (χ1v) is 4.22. The van der Waals surface area contributed by atoms with E-state index in [0.29, 0.717) is 13.0 Å². The van der Waals surface area contributed by atoms with Gasteiger partial charge < -0.3 is 15.5 Å². The molecular weight excluding hydrogens is 168 g/mol. The average molecular weight is 182 g/mol. The van der Waals surface area contributed by atoms with E-state index in [1.54, 1.807) is 19.5 Å². The third-order valence-corrected chi connectivity index (χ3v) is 1.58. The van der Waals surface area contributed by atoms with Crippen LogP contribution < -0.4 is 11.1 Å². The van der Waals surface area contributed by atoms with Gasteiger partial charge in [-0.1, -0.05) is 0 Å². The molecule has 1 aromatic heterocycles. The van der Waals surface area contributed by atoms with E-state index in [0.717, 1.165) is 5.56 Å². The van der Waals surface area contributed by atoms with Gasteiger partial charge in [-0.2, -0.15) is 0 Å². The van der Waals surface area contributed by atoms with E-state index in [1.807, 2.05) is 6.07 Å². The van der Waals surface area contributed by atoms with Gasteiger partial charge in [0, 0.05) is 24.6 Å². The van der Waals surface area contributed by atoms with Crippen LogP contribution in [0.25, 0.3) is 0 Å². The van der Waals surface area contributed by atoms with Crippen LogP contribution in [0.4, 0.5) is 0 Å². The van der Waals surface area contributed by atoms with Gasteiger partial charge in [-0.3, -0.25) is 4.79 Å². The molecule has 1 unspecified atom stereocenters. The standard InChI is InChI=1S/C9H14N2O2/c1-7(10)4-9(12)11-5-8-2-3-13-6-8/h2-3,6-7H,4-5,10H2,1H3,(H,11,12). The van der Waals surface area contributed by atoms with Gasteiger partial charge in [0.1, 0.15) is 0 Å². The van der Waals surface area contributed by atoms with E-state index in [-0.39, 0.29) is 11.9 Å². The molecule has 0 aliphatic carbocycles. The van der Waals surface area contributed by atoms with Crippen LogP contribution >= 0.6 is 0 Å². The second-order valence-corrected chi connectivity index (χ2v) is 3.09. The Morgan fingerprint density at radius 2 is 2.54 bits per heavy atom. The number of carbonyl (C=O) groups is 1. The maximum absolute atomic E-state index is 11.1. The predicted octanol–water partition coefficient (Wildman–Crippen LogP) is 0.633.